The lowest BCUT2D eigenvalue weighted by Crippen LogP contribution is -2.42. The Balaban J connectivity index is 2.20. The quantitative estimate of drug-likeness (QED) is 0.629. The van der Waals surface area contributed by atoms with Crippen LogP contribution in [-0.4, -0.2) is 34.7 Å². The minimum atomic E-state index is -0.910. The molecule has 0 saturated carbocycles. The maximum atomic E-state index is 12.3. The Morgan fingerprint density at radius 2 is 2.19 bits per heavy atom. The van der Waals surface area contributed by atoms with Crippen LogP contribution in [0.5, 0.6) is 0 Å². The number of imide groups is 1. The fraction of sp³-hybridized carbons (Fsp3) is 0.357. The second-order valence-corrected chi connectivity index (χ2v) is 6.58. The van der Waals surface area contributed by atoms with E-state index >= 15 is 0 Å². The molecule has 1 saturated heterocycles. The maximum absolute atomic E-state index is 12.3. The molecule has 2 amide bonds. The molecule has 1 fully saturated rings. The molecule has 7 heteroatoms. The van der Waals surface area contributed by atoms with Crippen molar-refractivity contribution in [1.82, 2.24) is 4.90 Å². The van der Waals surface area contributed by atoms with Crippen LogP contribution >= 0.6 is 23.1 Å². The number of carbonyl (C=O) groups excluding carboxylic acids is 3. The molecule has 0 aliphatic carbocycles. The van der Waals surface area contributed by atoms with Gasteiger partial charge in [0, 0.05) is 4.88 Å². The van der Waals surface area contributed by atoms with E-state index in [-0.39, 0.29) is 6.61 Å². The molecule has 1 aromatic rings. The monoisotopic (exact) mass is 325 g/mol. The lowest BCUT2D eigenvalue weighted by molar-refractivity contribution is -0.150. The molecular formula is C14H15NO4S2. The van der Waals surface area contributed by atoms with Crippen LogP contribution in [-0.2, 0) is 14.3 Å². The second kappa shape index (κ2) is 6.44. The van der Waals surface area contributed by atoms with E-state index < -0.39 is 23.2 Å². The molecule has 1 atom stereocenters. The summed E-state index contributed by atoms with van der Waals surface area (Å²) in [5.41, 5.74) is 0.881. The molecular weight excluding hydrogens is 310 g/mol. The molecule has 0 aromatic carbocycles. The first kappa shape index (κ1) is 15.8. The van der Waals surface area contributed by atoms with E-state index in [4.69, 9.17) is 4.74 Å². The van der Waals surface area contributed by atoms with Crippen molar-refractivity contribution in [3.05, 3.63) is 26.8 Å². The first-order chi connectivity index (χ1) is 9.93. The Morgan fingerprint density at radius 1 is 1.48 bits per heavy atom. The molecule has 112 valence electrons. The third-order valence-corrected chi connectivity index (χ3v) is 4.65. The standard InChI is InChI=1S/C14H15NO4S2/c1-4-19-13(17)9(3)15-12(16)11(21-14(15)18)6-10-5-8(2)20-7-10/h5-7,9H,4H2,1-3H3/b11-6-/t9-/m0/s1. The first-order valence-corrected chi connectivity index (χ1v) is 8.12. The van der Waals surface area contributed by atoms with E-state index in [0.717, 1.165) is 27.1 Å². The molecule has 1 aromatic heterocycles. The van der Waals surface area contributed by atoms with Crippen molar-refractivity contribution in [3.63, 3.8) is 0 Å². The summed E-state index contributed by atoms with van der Waals surface area (Å²) in [7, 11) is 0. The molecule has 0 bridgehead atoms. The minimum absolute atomic E-state index is 0.212. The van der Waals surface area contributed by atoms with Gasteiger partial charge in [0.15, 0.2) is 0 Å². The van der Waals surface area contributed by atoms with E-state index in [1.54, 1.807) is 24.3 Å². The summed E-state index contributed by atoms with van der Waals surface area (Å²) in [6, 6.07) is 1.03. The van der Waals surface area contributed by atoms with Crippen LogP contribution in [0.25, 0.3) is 6.08 Å². The van der Waals surface area contributed by atoms with Crippen LogP contribution in [0.3, 0.4) is 0 Å². The number of ether oxygens (including phenoxy) is 1. The summed E-state index contributed by atoms with van der Waals surface area (Å²) < 4.78 is 4.86. The molecule has 1 aliphatic heterocycles. The molecule has 0 spiro atoms. The van der Waals surface area contributed by atoms with Gasteiger partial charge >= 0.3 is 5.97 Å². The van der Waals surface area contributed by atoms with Crippen LogP contribution in [0.2, 0.25) is 0 Å². The molecule has 0 N–H and O–H groups in total. The van der Waals surface area contributed by atoms with Gasteiger partial charge in [-0.2, -0.15) is 0 Å². The van der Waals surface area contributed by atoms with Crippen LogP contribution in [0.1, 0.15) is 24.3 Å². The van der Waals surface area contributed by atoms with Gasteiger partial charge in [0.25, 0.3) is 11.1 Å². The van der Waals surface area contributed by atoms with Gasteiger partial charge in [-0.05, 0) is 55.6 Å². The predicted molar refractivity (Wildman–Crippen MR) is 83.0 cm³/mol. The van der Waals surface area contributed by atoms with Crippen LogP contribution in [0.4, 0.5) is 4.79 Å². The van der Waals surface area contributed by atoms with Gasteiger partial charge in [0.2, 0.25) is 0 Å². The molecule has 2 rings (SSSR count). The number of amides is 2. The lowest BCUT2D eigenvalue weighted by atomic mass is 10.2. The Hall–Kier alpha value is -1.60. The van der Waals surface area contributed by atoms with Gasteiger partial charge in [-0.15, -0.1) is 11.3 Å². The van der Waals surface area contributed by atoms with E-state index in [0.29, 0.717) is 4.91 Å². The van der Waals surface area contributed by atoms with Crippen molar-refractivity contribution >= 4 is 46.3 Å². The van der Waals surface area contributed by atoms with Gasteiger partial charge < -0.3 is 4.74 Å². The number of thioether (sulfide) groups is 1. The van der Waals surface area contributed by atoms with Gasteiger partial charge in [0.1, 0.15) is 6.04 Å². The fourth-order valence-electron chi connectivity index (χ4n) is 1.87. The van der Waals surface area contributed by atoms with E-state index in [2.05, 4.69) is 0 Å². The fourth-order valence-corrected chi connectivity index (χ4v) is 3.44. The predicted octanol–water partition coefficient (Wildman–Crippen LogP) is 3.04. The molecule has 0 unspecified atom stereocenters. The number of aryl methyl sites for hydroxylation is 1. The largest absolute Gasteiger partial charge is 0.464 e. The summed E-state index contributed by atoms with van der Waals surface area (Å²) in [5, 5.41) is 1.47. The number of thiophene rings is 1. The molecule has 0 radical (unpaired) electrons. The highest BCUT2D eigenvalue weighted by molar-refractivity contribution is 8.18. The van der Waals surface area contributed by atoms with E-state index in [1.165, 1.54) is 6.92 Å². The average molecular weight is 325 g/mol. The average Bonchev–Trinajstić information content (AvgIpc) is 2.94. The highest BCUT2D eigenvalue weighted by atomic mass is 32.2. The van der Waals surface area contributed by atoms with Crippen LogP contribution in [0, 0.1) is 6.92 Å². The third-order valence-electron chi connectivity index (χ3n) is 2.89. The molecule has 1 aliphatic rings. The van der Waals surface area contributed by atoms with Gasteiger partial charge in [0.05, 0.1) is 11.5 Å². The van der Waals surface area contributed by atoms with Crippen LogP contribution in [0.15, 0.2) is 16.4 Å². The summed E-state index contributed by atoms with van der Waals surface area (Å²) >= 11 is 2.42. The number of esters is 1. The summed E-state index contributed by atoms with van der Waals surface area (Å²) in [5.74, 6) is -1.03. The Labute approximate surface area is 131 Å². The zero-order valence-electron chi connectivity index (χ0n) is 11.9. The zero-order chi connectivity index (χ0) is 15.6. The SMILES string of the molecule is CCOC(=O)[C@H](C)N1C(=O)S/C(=C\c2csc(C)c2)C1=O. The highest BCUT2D eigenvalue weighted by Gasteiger charge is 2.41. The van der Waals surface area contributed by atoms with Crippen LogP contribution < -0.4 is 0 Å². The highest BCUT2D eigenvalue weighted by Crippen LogP contribution is 2.34. The number of rotatable bonds is 4. The van der Waals surface area contributed by atoms with Crippen molar-refractivity contribution in [1.29, 1.82) is 0 Å². The number of hydrogen-bond acceptors (Lipinski definition) is 6. The molecule has 21 heavy (non-hydrogen) atoms. The second-order valence-electron chi connectivity index (χ2n) is 4.47. The summed E-state index contributed by atoms with van der Waals surface area (Å²) in [4.78, 5) is 38.4. The zero-order valence-corrected chi connectivity index (χ0v) is 13.5. The number of nitrogens with zero attached hydrogens (tertiary/aromatic N) is 1. The maximum Gasteiger partial charge on any atom is 0.329 e. The van der Waals surface area contributed by atoms with Gasteiger partial charge in [-0.1, -0.05) is 0 Å². The number of hydrogen-bond donors (Lipinski definition) is 0. The van der Waals surface area contributed by atoms with Crippen molar-refractivity contribution < 1.29 is 19.1 Å². The smallest absolute Gasteiger partial charge is 0.329 e. The normalized spacial score (nSPS) is 18.4. The van der Waals surface area contributed by atoms with Crippen molar-refractivity contribution in [3.8, 4) is 0 Å². The summed E-state index contributed by atoms with van der Waals surface area (Å²) in [6.45, 7) is 5.35. The van der Waals surface area contributed by atoms with Gasteiger partial charge in [-0.3, -0.25) is 14.5 Å². The lowest BCUT2D eigenvalue weighted by Gasteiger charge is -2.19. The number of carbonyl (C=O) groups is 3. The Bertz CT molecular complexity index is 620. The Morgan fingerprint density at radius 3 is 2.76 bits per heavy atom. The molecule has 2 heterocycles. The third kappa shape index (κ3) is 3.36. The van der Waals surface area contributed by atoms with E-state index in [9.17, 15) is 14.4 Å². The molecule has 5 nitrogen and oxygen atoms in total. The van der Waals surface area contributed by atoms with Crippen molar-refractivity contribution in [2.24, 2.45) is 0 Å². The minimum Gasteiger partial charge on any atom is -0.464 e. The Kier molecular flexibility index (Phi) is 4.84. The van der Waals surface area contributed by atoms with Gasteiger partial charge in [-0.25, -0.2) is 4.79 Å². The topological polar surface area (TPSA) is 63.7 Å². The van der Waals surface area contributed by atoms with E-state index in [1.807, 2.05) is 18.4 Å². The first-order valence-electron chi connectivity index (χ1n) is 6.43. The van der Waals surface area contributed by atoms with Crippen molar-refractivity contribution in [2.45, 2.75) is 26.8 Å². The van der Waals surface area contributed by atoms with Crippen molar-refractivity contribution in [2.75, 3.05) is 6.61 Å². The summed E-state index contributed by atoms with van der Waals surface area (Å²) in [6.07, 6.45) is 1.67.